The van der Waals surface area contributed by atoms with Crippen LogP contribution in [0.1, 0.15) is 11.1 Å². The van der Waals surface area contributed by atoms with Gasteiger partial charge in [-0.25, -0.2) is 0 Å². The Morgan fingerprint density at radius 2 is 1.75 bits per heavy atom. The summed E-state index contributed by atoms with van der Waals surface area (Å²) in [6, 6.07) is 9.33. The van der Waals surface area contributed by atoms with Crippen molar-refractivity contribution in [3.63, 3.8) is 0 Å². The topological polar surface area (TPSA) is 54.3 Å². The molecule has 0 atom stereocenters. The van der Waals surface area contributed by atoms with Crippen molar-refractivity contribution in [1.82, 2.24) is 9.88 Å². The smallest absolute Gasteiger partial charge is 0.370 e. The minimum atomic E-state index is -4.57. The van der Waals surface area contributed by atoms with E-state index in [1.807, 2.05) is 36.0 Å². The van der Waals surface area contributed by atoms with Gasteiger partial charge in [0.15, 0.2) is 0 Å². The van der Waals surface area contributed by atoms with Crippen LogP contribution in [-0.2, 0) is 24.1 Å². The normalized spacial score (nSPS) is 14.8. The zero-order valence-electron chi connectivity index (χ0n) is 15.0. The van der Waals surface area contributed by atoms with E-state index in [2.05, 4.69) is 10.2 Å². The molecule has 0 spiro atoms. The fraction of sp³-hybridized carbons (Fsp3) is 0.368. The minimum Gasteiger partial charge on any atom is -0.370 e. The second kappa shape index (κ2) is 8.72. The Morgan fingerprint density at radius 1 is 1.07 bits per heavy atom. The van der Waals surface area contributed by atoms with Gasteiger partial charge in [-0.2, -0.15) is 24.9 Å². The summed E-state index contributed by atoms with van der Waals surface area (Å²) in [5, 5.41) is 2.64. The van der Waals surface area contributed by atoms with Crippen molar-refractivity contribution in [3.05, 3.63) is 64.1 Å². The van der Waals surface area contributed by atoms with Crippen LogP contribution < -0.4 is 15.8 Å². The van der Waals surface area contributed by atoms with E-state index in [1.54, 1.807) is 0 Å². The molecule has 1 fully saturated rings. The highest BCUT2D eigenvalue weighted by Crippen LogP contribution is 2.28. The molecule has 1 aromatic heterocycles. The lowest BCUT2D eigenvalue weighted by Gasteiger charge is -2.28. The highest BCUT2D eigenvalue weighted by atomic mass is 32.2. The van der Waals surface area contributed by atoms with Crippen molar-refractivity contribution < 1.29 is 18.0 Å². The average molecular weight is 411 g/mol. The number of thioether (sulfide) groups is 1. The quantitative estimate of drug-likeness (QED) is 0.822. The second-order valence-corrected chi connectivity index (χ2v) is 7.65. The number of anilines is 1. The van der Waals surface area contributed by atoms with Gasteiger partial charge >= 0.3 is 6.18 Å². The summed E-state index contributed by atoms with van der Waals surface area (Å²) in [5.74, 6) is 1.68. The van der Waals surface area contributed by atoms with Crippen LogP contribution in [0.3, 0.4) is 0 Å². The number of rotatable bonds is 5. The Labute approximate surface area is 164 Å². The maximum absolute atomic E-state index is 12.8. The lowest BCUT2D eigenvalue weighted by molar-refractivity contribution is -0.138. The van der Waals surface area contributed by atoms with Crippen molar-refractivity contribution in [2.75, 3.05) is 29.5 Å². The number of halogens is 3. The largest absolute Gasteiger partial charge is 0.417 e. The van der Waals surface area contributed by atoms with Crippen LogP contribution in [-0.4, -0.2) is 35.1 Å². The van der Waals surface area contributed by atoms with Gasteiger partial charge in [-0.1, -0.05) is 12.1 Å². The van der Waals surface area contributed by atoms with E-state index in [-0.39, 0.29) is 6.54 Å². The van der Waals surface area contributed by atoms with Gasteiger partial charge in [-0.15, -0.1) is 0 Å². The highest BCUT2D eigenvalue weighted by Gasteiger charge is 2.31. The van der Waals surface area contributed by atoms with Crippen molar-refractivity contribution in [3.8, 4) is 0 Å². The zero-order chi connectivity index (χ0) is 20.1. The molecule has 1 amide bonds. The molecular weight excluding hydrogens is 391 g/mol. The van der Waals surface area contributed by atoms with Gasteiger partial charge in [0.2, 0.25) is 5.91 Å². The van der Waals surface area contributed by atoms with Gasteiger partial charge in [0, 0.05) is 49.1 Å². The number of alkyl halides is 3. The van der Waals surface area contributed by atoms with Gasteiger partial charge in [-0.05, 0) is 23.8 Å². The third-order valence-corrected chi connectivity index (χ3v) is 5.37. The lowest BCUT2D eigenvalue weighted by Crippen LogP contribution is -2.32. The molecule has 0 bridgehead atoms. The van der Waals surface area contributed by atoms with Crippen molar-refractivity contribution >= 4 is 23.4 Å². The second-order valence-electron chi connectivity index (χ2n) is 6.42. The predicted octanol–water partition coefficient (Wildman–Crippen LogP) is 2.74. The number of carbonyl (C=O) groups excluding carboxylic acids is 1. The molecular formula is C19H20F3N3O2S. The number of amides is 1. The first-order valence-corrected chi connectivity index (χ1v) is 9.94. The van der Waals surface area contributed by atoms with Gasteiger partial charge in [-0.3, -0.25) is 9.59 Å². The predicted molar refractivity (Wildman–Crippen MR) is 104 cm³/mol. The van der Waals surface area contributed by atoms with E-state index in [9.17, 15) is 22.8 Å². The van der Waals surface area contributed by atoms with Crippen LogP contribution in [0.15, 0.2) is 47.4 Å². The molecule has 1 aromatic carbocycles. The van der Waals surface area contributed by atoms with Crippen LogP contribution in [0.2, 0.25) is 0 Å². The minimum absolute atomic E-state index is 0.239. The van der Waals surface area contributed by atoms with E-state index in [0.717, 1.165) is 46.5 Å². The summed E-state index contributed by atoms with van der Waals surface area (Å²) < 4.78 is 39.0. The fourth-order valence-electron chi connectivity index (χ4n) is 2.88. The van der Waals surface area contributed by atoms with Crippen LogP contribution in [0.4, 0.5) is 18.9 Å². The molecule has 0 aliphatic carbocycles. The molecule has 0 unspecified atom stereocenters. The molecule has 28 heavy (non-hydrogen) atoms. The molecule has 3 rings (SSSR count). The molecule has 2 aromatic rings. The summed E-state index contributed by atoms with van der Waals surface area (Å²) in [7, 11) is 0. The maximum Gasteiger partial charge on any atom is 0.417 e. The van der Waals surface area contributed by atoms with E-state index < -0.39 is 29.8 Å². The highest BCUT2D eigenvalue weighted by molar-refractivity contribution is 7.99. The van der Waals surface area contributed by atoms with Crippen LogP contribution in [0.25, 0.3) is 0 Å². The molecule has 1 N–H and O–H groups in total. The molecule has 0 radical (unpaired) electrons. The Kier molecular flexibility index (Phi) is 6.33. The summed E-state index contributed by atoms with van der Waals surface area (Å²) in [6.07, 6.45) is -3.91. The maximum atomic E-state index is 12.8. The summed E-state index contributed by atoms with van der Waals surface area (Å²) in [4.78, 5) is 26.1. The number of hydrogen-bond acceptors (Lipinski definition) is 4. The number of benzene rings is 1. The van der Waals surface area contributed by atoms with Crippen molar-refractivity contribution in [2.45, 2.75) is 19.3 Å². The molecule has 1 saturated heterocycles. The van der Waals surface area contributed by atoms with Crippen molar-refractivity contribution in [1.29, 1.82) is 0 Å². The van der Waals surface area contributed by atoms with Crippen LogP contribution in [0.5, 0.6) is 0 Å². The Morgan fingerprint density at radius 3 is 2.39 bits per heavy atom. The van der Waals surface area contributed by atoms with Gasteiger partial charge in [0.05, 0.1) is 5.56 Å². The standard InChI is InChI=1S/C19H20F3N3O2S/c20-19(21,22)15-3-6-18(27)25(12-15)13-17(26)23-11-14-1-4-16(5-2-14)24-7-9-28-10-8-24/h1-6,12H,7-11,13H2,(H,23,26). The Bertz CT molecular complexity index is 875. The number of hydrogen-bond donors (Lipinski definition) is 1. The van der Waals surface area contributed by atoms with Gasteiger partial charge in [0.25, 0.3) is 5.56 Å². The van der Waals surface area contributed by atoms with Gasteiger partial charge < -0.3 is 14.8 Å². The number of nitrogens with zero attached hydrogens (tertiary/aromatic N) is 2. The number of pyridine rings is 1. The average Bonchev–Trinajstić information content (AvgIpc) is 2.68. The molecule has 5 nitrogen and oxygen atoms in total. The Hall–Kier alpha value is -2.42. The summed E-state index contributed by atoms with van der Waals surface area (Å²) in [5.41, 5.74) is 0.379. The number of carbonyl (C=O) groups is 1. The van der Waals surface area contributed by atoms with E-state index in [4.69, 9.17) is 0 Å². The molecule has 1 aliphatic heterocycles. The number of nitrogens with one attached hydrogen (secondary N) is 1. The molecule has 150 valence electrons. The molecule has 1 aliphatic rings. The third kappa shape index (κ3) is 5.31. The van der Waals surface area contributed by atoms with E-state index >= 15 is 0 Å². The van der Waals surface area contributed by atoms with Crippen molar-refractivity contribution in [2.24, 2.45) is 0 Å². The summed E-state index contributed by atoms with van der Waals surface area (Å²) >= 11 is 1.94. The first-order chi connectivity index (χ1) is 13.3. The van der Waals surface area contributed by atoms with E-state index in [1.165, 1.54) is 0 Å². The molecule has 9 heteroatoms. The third-order valence-electron chi connectivity index (χ3n) is 4.43. The first-order valence-electron chi connectivity index (χ1n) is 8.79. The molecule has 2 heterocycles. The first kappa shape index (κ1) is 20.3. The zero-order valence-corrected chi connectivity index (χ0v) is 15.9. The Balaban J connectivity index is 1.56. The molecule has 0 saturated carbocycles. The van der Waals surface area contributed by atoms with E-state index in [0.29, 0.717) is 12.3 Å². The fourth-order valence-corrected chi connectivity index (χ4v) is 3.78. The van der Waals surface area contributed by atoms with Crippen LogP contribution >= 0.6 is 11.8 Å². The SMILES string of the molecule is O=C(Cn1cc(C(F)(F)F)ccc1=O)NCc1ccc(N2CCSCC2)cc1. The lowest BCUT2D eigenvalue weighted by atomic mass is 10.2. The van der Waals surface area contributed by atoms with Gasteiger partial charge in [0.1, 0.15) is 6.54 Å². The summed E-state index contributed by atoms with van der Waals surface area (Å²) in [6.45, 7) is 1.79. The monoisotopic (exact) mass is 411 g/mol. The van der Waals surface area contributed by atoms with Crippen LogP contribution in [0, 0.1) is 0 Å². The number of aromatic nitrogens is 1.